The van der Waals surface area contributed by atoms with Crippen LogP contribution in [0.1, 0.15) is 25.3 Å². The van der Waals surface area contributed by atoms with Gasteiger partial charge in [0, 0.05) is 6.54 Å². The van der Waals surface area contributed by atoms with E-state index in [2.05, 4.69) is 26.9 Å². The summed E-state index contributed by atoms with van der Waals surface area (Å²) in [6.07, 6.45) is -2.07. The van der Waals surface area contributed by atoms with E-state index in [1.165, 1.54) is 0 Å². The summed E-state index contributed by atoms with van der Waals surface area (Å²) in [7, 11) is 0. The van der Waals surface area contributed by atoms with E-state index in [4.69, 9.17) is 29.0 Å². The maximum absolute atomic E-state index is 14.8. The summed E-state index contributed by atoms with van der Waals surface area (Å²) in [5.74, 6) is 3.11. The van der Waals surface area contributed by atoms with Gasteiger partial charge in [0.1, 0.15) is 5.69 Å². The largest absolute Gasteiger partial charge is 0.573 e. The molecule has 0 bridgehead atoms. The van der Waals surface area contributed by atoms with Crippen LogP contribution in [0.2, 0.25) is 10.0 Å². The zero-order valence-electron chi connectivity index (χ0n) is 21.8. The number of guanidine groups is 1. The predicted octanol–water partition coefficient (Wildman–Crippen LogP) is 4.95. The molecule has 15 heteroatoms. The van der Waals surface area contributed by atoms with Gasteiger partial charge in [0.05, 0.1) is 28.7 Å². The number of nitrogens with one attached hydrogen (secondary N) is 2. The topological polar surface area (TPSA) is 119 Å². The Hall–Kier alpha value is -3.57. The number of carbonyl (C=O) groups is 1. The molecule has 2 aromatic rings. The summed E-state index contributed by atoms with van der Waals surface area (Å²) >= 11 is 12.3. The number of nitrogens with zero attached hydrogens (tertiary/aromatic N) is 4. The van der Waals surface area contributed by atoms with Crippen molar-refractivity contribution in [1.82, 2.24) is 20.5 Å². The van der Waals surface area contributed by atoms with Crippen molar-refractivity contribution >= 4 is 46.3 Å². The lowest BCUT2D eigenvalue weighted by Gasteiger charge is -2.37. The first-order valence-electron chi connectivity index (χ1n) is 12.3. The molecule has 220 valence electrons. The number of carbonyl (C=O) groups excluding carboxylic acids is 1. The Balaban J connectivity index is 2.00. The first-order valence-corrected chi connectivity index (χ1v) is 13.1. The van der Waals surface area contributed by atoms with Gasteiger partial charge in [0.15, 0.2) is 17.8 Å². The first kappa shape index (κ1) is 32.0. The van der Waals surface area contributed by atoms with Gasteiger partial charge in [-0.15, -0.1) is 13.2 Å². The van der Waals surface area contributed by atoms with Crippen LogP contribution in [-0.2, 0) is 4.79 Å². The molecule has 0 spiro atoms. The molecule has 1 heterocycles. The number of ether oxygens (including phenoxy) is 1. The lowest BCUT2D eigenvalue weighted by molar-refractivity contribution is -0.275. The third kappa shape index (κ3) is 8.23. The van der Waals surface area contributed by atoms with Crippen LogP contribution in [0.25, 0.3) is 5.57 Å². The number of aliphatic imine (C=N–C) groups is 1. The third-order valence-corrected chi connectivity index (χ3v) is 6.99. The number of likely N-dealkylation sites (N-methyl/N-ethyl adjacent to an activating group) is 1. The smallest absolute Gasteiger partial charge is 0.403 e. The van der Waals surface area contributed by atoms with E-state index < -0.39 is 41.7 Å². The van der Waals surface area contributed by atoms with Crippen LogP contribution in [0, 0.1) is 17.3 Å². The SMILES string of the molecule is C=C(c1ccc(Cl)c(Cl)c1)C(CN(N)C(=Nc1cccc(OC(F)(F)F)c1F)NC#N)N(CC)C(=O)[C@H]1CCCN1. The molecular weight excluding hydrogens is 589 g/mol. The van der Waals surface area contributed by atoms with E-state index >= 15 is 0 Å². The molecule has 0 radical (unpaired) electrons. The maximum Gasteiger partial charge on any atom is 0.573 e. The van der Waals surface area contributed by atoms with E-state index in [1.54, 1.807) is 36.2 Å². The van der Waals surface area contributed by atoms with Crippen molar-refractivity contribution in [2.24, 2.45) is 10.8 Å². The second kappa shape index (κ2) is 13.9. The molecule has 2 aromatic carbocycles. The van der Waals surface area contributed by atoms with E-state index in [9.17, 15) is 27.6 Å². The Labute approximate surface area is 244 Å². The van der Waals surface area contributed by atoms with Gasteiger partial charge in [-0.05, 0) is 61.7 Å². The molecule has 4 N–H and O–H groups in total. The number of hydrazine groups is 1. The highest BCUT2D eigenvalue weighted by Gasteiger charge is 2.34. The average Bonchev–Trinajstić information content (AvgIpc) is 3.46. The Morgan fingerprint density at radius 3 is 2.66 bits per heavy atom. The molecule has 1 saturated heterocycles. The number of hydrogen-bond acceptors (Lipinski definition) is 6. The van der Waals surface area contributed by atoms with E-state index in [0.717, 1.165) is 29.6 Å². The molecular formula is C26H27Cl2F4N7O2. The molecule has 0 aliphatic carbocycles. The van der Waals surface area contributed by atoms with Crippen LogP contribution < -0.4 is 21.2 Å². The van der Waals surface area contributed by atoms with Gasteiger partial charge in [0.2, 0.25) is 11.9 Å². The average molecular weight is 616 g/mol. The molecule has 0 aromatic heterocycles. The summed E-state index contributed by atoms with van der Waals surface area (Å²) in [4.78, 5) is 19.0. The van der Waals surface area contributed by atoms with Crippen LogP contribution in [0.3, 0.4) is 0 Å². The van der Waals surface area contributed by atoms with E-state index in [0.29, 0.717) is 29.1 Å². The number of benzene rings is 2. The predicted molar refractivity (Wildman–Crippen MR) is 148 cm³/mol. The summed E-state index contributed by atoms with van der Waals surface area (Å²) in [5.41, 5.74) is 0.395. The van der Waals surface area contributed by atoms with Crippen molar-refractivity contribution < 1.29 is 27.1 Å². The van der Waals surface area contributed by atoms with Crippen molar-refractivity contribution in [2.75, 3.05) is 19.6 Å². The fourth-order valence-corrected chi connectivity index (χ4v) is 4.60. The highest BCUT2D eigenvalue weighted by Crippen LogP contribution is 2.32. The lowest BCUT2D eigenvalue weighted by Crippen LogP contribution is -2.56. The van der Waals surface area contributed by atoms with Crippen molar-refractivity contribution in [3.05, 3.63) is 64.4 Å². The van der Waals surface area contributed by atoms with Crippen LogP contribution in [0.5, 0.6) is 5.75 Å². The summed E-state index contributed by atoms with van der Waals surface area (Å²) in [5, 5.41) is 16.2. The summed E-state index contributed by atoms with van der Waals surface area (Å²) in [6.45, 7) is 6.66. The minimum Gasteiger partial charge on any atom is -0.403 e. The minimum atomic E-state index is -5.14. The van der Waals surface area contributed by atoms with Crippen LogP contribution in [0.4, 0.5) is 23.2 Å². The Morgan fingerprint density at radius 2 is 2.07 bits per heavy atom. The van der Waals surface area contributed by atoms with Crippen molar-refractivity contribution in [1.29, 1.82) is 5.26 Å². The molecule has 9 nitrogen and oxygen atoms in total. The molecule has 3 rings (SSSR count). The minimum absolute atomic E-state index is 0.209. The van der Waals surface area contributed by atoms with Crippen LogP contribution in [0.15, 0.2) is 48.0 Å². The normalized spacial score (nSPS) is 16.1. The monoisotopic (exact) mass is 615 g/mol. The van der Waals surface area contributed by atoms with Gasteiger partial charge >= 0.3 is 6.36 Å². The van der Waals surface area contributed by atoms with Gasteiger partial charge in [-0.1, -0.05) is 41.9 Å². The summed E-state index contributed by atoms with van der Waals surface area (Å²) < 4.78 is 56.6. The van der Waals surface area contributed by atoms with Gasteiger partial charge in [-0.3, -0.25) is 15.1 Å². The van der Waals surface area contributed by atoms with Crippen LogP contribution >= 0.6 is 23.2 Å². The van der Waals surface area contributed by atoms with Crippen LogP contribution in [-0.4, -0.2) is 59.9 Å². The third-order valence-electron chi connectivity index (χ3n) is 6.26. The zero-order valence-corrected chi connectivity index (χ0v) is 23.3. The molecule has 1 aliphatic rings. The lowest BCUT2D eigenvalue weighted by atomic mass is 9.97. The van der Waals surface area contributed by atoms with Gasteiger partial charge < -0.3 is 15.0 Å². The standard InChI is InChI=1S/C26H27Cl2F4N7O2/c1-3-38(24(40)20-7-5-11-35-20)21(15(2)16-9-10-17(27)18(28)12-16)13-39(34)25(36-14-33)37-19-6-4-8-22(23(19)29)41-26(30,31)32/h4,6,8-10,12,20-21,35H,2-3,5,7,11,13,34H2,1H3,(H,36,37)/t20-,21?/m1/s1. The highest BCUT2D eigenvalue weighted by atomic mass is 35.5. The molecule has 1 unspecified atom stereocenters. The second-order valence-electron chi connectivity index (χ2n) is 8.90. The van der Waals surface area contributed by atoms with E-state index in [1.807, 2.05) is 0 Å². The molecule has 41 heavy (non-hydrogen) atoms. The zero-order chi connectivity index (χ0) is 30.3. The number of alkyl halides is 3. The Bertz CT molecular complexity index is 1340. The quantitative estimate of drug-likeness (QED) is 0.0695. The van der Waals surface area contributed by atoms with Crippen molar-refractivity contribution in [3.63, 3.8) is 0 Å². The highest BCUT2D eigenvalue weighted by molar-refractivity contribution is 6.42. The van der Waals surface area contributed by atoms with Crippen molar-refractivity contribution in [3.8, 4) is 11.9 Å². The number of hydrogen-bond donors (Lipinski definition) is 3. The molecule has 0 saturated carbocycles. The summed E-state index contributed by atoms with van der Waals surface area (Å²) in [6, 6.07) is 6.52. The number of amides is 1. The van der Waals surface area contributed by atoms with Gasteiger partial charge in [-0.2, -0.15) is 5.26 Å². The number of nitriles is 1. The molecule has 1 fully saturated rings. The Morgan fingerprint density at radius 1 is 1.34 bits per heavy atom. The maximum atomic E-state index is 14.8. The van der Waals surface area contributed by atoms with Gasteiger partial charge in [-0.25, -0.2) is 15.2 Å². The fourth-order valence-electron chi connectivity index (χ4n) is 4.30. The fraction of sp³-hybridized carbons (Fsp3) is 0.346. The first-order chi connectivity index (χ1) is 19.4. The number of rotatable bonds is 9. The van der Waals surface area contributed by atoms with E-state index in [-0.39, 0.29) is 24.0 Å². The number of halogens is 6. The number of nitrogens with two attached hydrogens (primary N) is 1. The molecule has 2 atom stereocenters. The second-order valence-corrected chi connectivity index (χ2v) is 9.72. The molecule has 1 amide bonds. The Kier molecular flexibility index (Phi) is 10.8. The van der Waals surface area contributed by atoms with Crippen molar-refractivity contribution in [2.45, 2.75) is 38.2 Å². The molecule has 1 aliphatic heterocycles. The van der Waals surface area contributed by atoms with Gasteiger partial charge in [0.25, 0.3) is 0 Å².